The van der Waals surface area contributed by atoms with Crippen LogP contribution < -0.4 is 14.1 Å². The molecule has 0 aromatic heterocycles. The molecule has 0 aliphatic heterocycles. The zero-order chi connectivity index (χ0) is 15.0. The van der Waals surface area contributed by atoms with Gasteiger partial charge in [0, 0.05) is 6.54 Å². The van der Waals surface area contributed by atoms with Crippen LogP contribution in [-0.4, -0.2) is 12.3 Å². The first-order chi connectivity index (χ1) is 10.2. The lowest BCUT2D eigenvalue weighted by atomic mass is 10.3. The predicted octanol–water partition coefficient (Wildman–Crippen LogP) is 4.16. The molecule has 0 saturated carbocycles. The van der Waals surface area contributed by atoms with Crippen LogP contribution in [0, 0.1) is 0 Å². The Bertz CT molecular complexity index is 534. The van der Waals surface area contributed by atoms with Crippen LogP contribution in [0.4, 0.5) is 0 Å². The average molecular weight is 323 g/mol. The molecule has 0 aliphatic rings. The molecule has 0 amide bonds. The maximum absolute atomic E-state index is 12.8. The van der Waals surface area contributed by atoms with Crippen molar-refractivity contribution in [2.75, 3.05) is 12.3 Å². The Morgan fingerprint density at radius 2 is 1.38 bits per heavy atom. The van der Waals surface area contributed by atoms with E-state index in [1.807, 2.05) is 36.4 Å². The molecule has 4 nitrogen and oxygen atoms in total. The number of hydrogen-bond donors (Lipinski definition) is 2. The van der Waals surface area contributed by atoms with Gasteiger partial charge in [-0.1, -0.05) is 36.4 Å². The Labute approximate surface area is 130 Å². The fourth-order valence-corrected chi connectivity index (χ4v) is 3.17. The highest BCUT2D eigenvalue weighted by atomic mass is 32.1. The van der Waals surface area contributed by atoms with Crippen molar-refractivity contribution in [3.05, 3.63) is 60.7 Å². The monoisotopic (exact) mass is 323 g/mol. The van der Waals surface area contributed by atoms with Crippen LogP contribution >= 0.6 is 20.4 Å². The highest BCUT2D eigenvalue weighted by molar-refractivity contribution is 7.80. The van der Waals surface area contributed by atoms with Gasteiger partial charge in [0.1, 0.15) is 11.5 Å². The molecule has 2 aromatic carbocycles. The molecule has 0 spiro atoms. The van der Waals surface area contributed by atoms with Gasteiger partial charge >= 0.3 is 7.75 Å². The second-order valence-electron chi connectivity index (χ2n) is 4.29. The second kappa shape index (κ2) is 8.13. The van der Waals surface area contributed by atoms with E-state index in [-0.39, 0.29) is 0 Å². The zero-order valence-electron chi connectivity index (χ0n) is 11.5. The van der Waals surface area contributed by atoms with Gasteiger partial charge < -0.3 is 9.05 Å². The van der Waals surface area contributed by atoms with Crippen LogP contribution in [0.1, 0.15) is 6.42 Å². The molecule has 0 saturated heterocycles. The molecule has 6 heteroatoms. The summed E-state index contributed by atoms with van der Waals surface area (Å²) in [4.78, 5) is 0. The molecule has 0 radical (unpaired) electrons. The van der Waals surface area contributed by atoms with Gasteiger partial charge in [-0.2, -0.15) is 12.6 Å². The van der Waals surface area contributed by atoms with Crippen LogP contribution in [0.2, 0.25) is 0 Å². The maximum atomic E-state index is 12.8. The third-order valence-electron chi connectivity index (χ3n) is 2.58. The third-order valence-corrected chi connectivity index (χ3v) is 4.41. The van der Waals surface area contributed by atoms with Gasteiger partial charge in [-0.15, -0.1) is 0 Å². The Balaban J connectivity index is 2.11. The van der Waals surface area contributed by atoms with Gasteiger partial charge in [-0.05, 0) is 36.4 Å². The normalized spacial score (nSPS) is 11.1. The Morgan fingerprint density at radius 3 is 1.81 bits per heavy atom. The third kappa shape index (κ3) is 5.46. The minimum Gasteiger partial charge on any atom is -0.405 e. The fraction of sp³-hybridized carbons (Fsp3) is 0.200. The second-order valence-corrected chi connectivity index (χ2v) is 6.41. The van der Waals surface area contributed by atoms with Crippen LogP contribution in [0.15, 0.2) is 60.7 Å². The van der Waals surface area contributed by atoms with Gasteiger partial charge in [0.15, 0.2) is 0 Å². The summed E-state index contributed by atoms with van der Waals surface area (Å²) in [5, 5.41) is 2.86. The van der Waals surface area contributed by atoms with E-state index in [4.69, 9.17) is 9.05 Å². The van der Waals surface area contributed by atoms with Crippen molar-refractivity contribution in [2.24, 2.45) is 0 Å². The lowest BCUT2D eigenvalue weighted by Gasteiger charge is -2.20. The van der Waals surface area contributed by atoms with Crippen molar-refractivity contribution in [1.82, 2.24) is 5.09 Å². The summed E-state index contributed by atoms with van der Waals surface area (Å²) in [5.41, 5.74) is 0. The van der Waals surface area contributed by atoms with Gasteiger partial charge in [0.05, 0.1) is 0 Å². The van der Waals surface area contributed by atoms with Gasteiger partial charge in [-0.25, -0.2) is 9.65 Å². The van der Waals surface area contributed by atoms with Gasteiger partial charge in [0.25, 0.3) is 0 Å². The summed E-state index contributed by atoms with van der Waals surface area (Å²) in [6.07, 6.45) is 0.767. The molecule has 0 bridgehead atoms. The number of nitrogens with one attached hydrogen (secondary N) is 1. The number of hydrogen-bond acceptors (Lipinski definition) is 4. The first-order valence-corrected chi connectivity index (χ1v) is 8.85. The lowest BCUT2D eigenvalue weighted by molar-refractivity contribution is 0.371. The standard InChI is InChI=1S/C15H18NO3PS/c17-20(16-12-7-13-21,18-14-8-3-1-4-9-14)19-15-10-5-2-6-11-15/h1-6,8-11,21H,7,12-13H2,(H,16,17). The molecular formula is C15H18NO3PS. The van der Waals surface area contributed by atoms with Crippen LogP contribution in [-0.2, 0) is 4.57 Å². The van der Waals surface area contributed by atoms with Crippen LogP contribution in [0.3, 0.4) is 0 Å². The van der Waals surface area contributed by atoms with Gasteiger partial charge in [0.2, 0.25) is 0 Å². The molecule has 2 rings (SSSR count). The van der Waals surface area contributed by atoms with E-state index in [9.17, 15) is 4.57 Å². The average Bonchev–Trinajstić information content (AvgIpc) is 2.49. The Kier molecular flexibility index (Phi) is 6.18. The van der Waals surface area contributed by atoms with E-state index >= 15 is 0 Å². The van der Waals surface area contributed by atoms with E-state index in [0.717, 1.165) is 6.42 Å². The summed E-state index contributed by atoms with van der Waals surface area (Å²) < 4.78 is 23.9. The molecule has 0 heterocycles. The summed E-state index contributed by atoms with van der Waals surface area (Å²) in [6, 6.07) is 17.9. The number of thiol groups is 1. The number of rotatable bonds is 8. The highest BCUT2D eigenvalue weighted by Crippen LogP contribution is 2.44. The van der Waals surface area contributed by atoms with Crippen molar-refractivity contribution in [3.8, 4) is 11.5 Å². The summed E-state index contributed by atoms with van der Waals surface area (Å²) in [5.74, 6) is 1.69. The number of benzene rings is 2. The minimum absolute atomic E-state index is 0.495. The van der Waals surface area contributed by atoms with Crippen molar-refractivity contribution in [2.45, 2.75) is 6.42 Å². The molecule has 21 heavy (non-hydrogen) atoms. The van der Waals surface area contributed by atoms with Gasteiger partial charge in [-0.3, -0.25) is 0 Å². The molecule has 0 aliphatic carbocycles. The van der Waals surface area contributed by atoms with Crippen molar-refractivity contribution < 1.29 is 13.6 Å². The van der Waals surface area contributed by atoms with E-state index in [1.165, 1.54) is 0 Å². The smallest absolute Gasteiger partial charge is 0.405 e. The molecule has 1 N–H and O–H groups in total. The lowest BCUT2D eigenvalue weighted by Crippen LogP contribution is -2.20. The largest absolute Gasteiger partial charge is 0.512 e. The molecule has 0 unspecified atom stereocenters. The highest BCUT2D eigenvalue weighted by Gasteiger charge is 2.27. The van der Waals surface area contributed by atoms with Crippen molar-refractivity contribution >= 4 is 20.4 Å². The molecule has 0 atom stereocenters. The van der Waals surface area contributed by atoms with Crippen molar-refractivity contribution in [1.29, 1.82) is 0 Å². The SMILES string of the molecule is O=P(NCCCS)(Oc1ccccc1)Oc1ccccc1. The summed E-state index contributed by atoms with van der Waals surface area (Å²) >= 11 is 4.14. The molecule has 0 fully saturated rings. The quantitative estimate of drug-likeness (QED) is 0.435. The van der Waals surface area contributed by atoms with Crippen LogP contribution in [0.5, 0.6) is 11.5 Å². The Hall–Kier alpha value is -1.42. The fourth-order valence-electron chi connectivity index (χ4n) is 1.62. The number of para-hydroxylation sites is 2. The maximum Gasteiger partial charge on any atom is 0.512 e. The van der Waals surface area contributed by atoms with E-state index in [2.05, 4.69) is 17.7 Å². The van der Waals surface area contributed by atoms with E-state index in [1.54, 1.807) is 24.3 Å². The first-order valence-electron chi connectivity index (χ1n) is 6.67. The predicted molar refractivity (Wildman–Crippen MR) is 88.2 cm³/mol. The van der Waals surface area contributed by atoms with E-state index < -0.39 is 7.75 Å². The van der Waals surface area contributed by atoms with Crippen molar-refractivity contribution in [3.63, 3.8) is 0 Å². The molecule has 112 valence electrons. The zero-order valence-corrected chi connectivity index (χ0v) is 13.3. The first kappa shape index (κ1) is 16.0. The molecular weight excluding hydrogens is 305 g/mol. The summed E-state index contributed by atoms with van der Waals surface area (Å²) in [7, 11) is -3.48. The van der Waals surface area contributed by atoms with E-state index in [0.29, 0.717) is 23.8 Å². The summed E-state index contributed by atoms with van der Waals surface area (Å²) in [6.45, 7) is 0.500. The van der Waals surface area contributed by atoms with Crippen LogP contribution in [0.25, 0.3) is 0 Å². The topological polar surface area (TPSA) is 47.6 Å². The Morgan fingerprint density at radius 1 is 0.905 bits per heavy atom. The minimum atomic E-state index is -3.48. The molecule has 2 aromatic rings.